The van der Waals surface area contributed by atoms with Crippen LogP contribution in [0.2, 0.25) is 0 Å². The number of amides is 1. The summed E-state index contributed by atoms with van der Waals surface area (Å²) in [7, 11) is -0.733. The Balaban J connectivity index is 1.73. The quantitative estimate of drug-likeness (QED) is 0.722. The van der Waals surface area contributed by atoms with Crippen molar-refractivity contribution >= 4 is 38.5 Å². The predicted molar refractivity (Wildman–Crippen MR) is 104 cm³/mol. The van der Waals surface area contributed by atoms with Crippen LogP contribution in [0.4, 0.5) is 11.4 Å². The lowest BCUT2D eigenvalue weighted by Gasteiger charge is -2.25. The Bertz CT molecular complexity index is 1100. The Morgan fingerprint density at radius 1 is 1.15 bits per heavy atom. The van der Waals surface area contributed by atoms with E-state index in [2.05, 4.69) is 10.0 Å². The summed E-state index contributed by atoms with van der Waals surface area (Å²) in [5.41, 5.74) is 2.63. The monoisotopic (exact) mass is 385 g/mol. The fourth-order valence-electron chi connectivity index (χ4n) is 3.20. The first-order chi connectivity index (χ1) is 12.8. The van der Waals surface area contributed by atoms with E-state index in [0.717, 1.165) is 20.8 Å². The number of benzene rings is 2. The molecule has 0 spiro atoms. The first-order valence-electron chi connectivity index (χ1n) is 8.46. The second kappa shape index (κ2) is 6.40. The predicted octanol–water partition coefficient (Wildman–Crippen LogP) is 3.13. The summed E-state index contributed by atoms with van der Waals surface area (Å²) >= 11 is 0. The molecule has 1 aliphatic rings. The maximum Gasteiger partial charge on any atom is 0.301 e. The van der Waals surface area contributed by atoms with Gasteiger partial charge in [-0.1, -0.05) is 24.3 Å². The molecule has 3 aromatic rings. The average molecular weight is 385 g/mol. The highest BCUT2D eigenvalue weighted by atomic mass is 32.2. The molecule has 1 aliphatic heterocycles. The molecule has 4 rings (SSSR count). The van der Waals surface area contributed by atoms with E-state index in [-0.39, 0.29) is 18.2 Å². The molecule has 27 heavy (non-hydrogen) atoms. The summed E-state index contributed by atoms with van der Waals surface area (Å²) in [5.74, 6) is 0.357. The minimum Gasteiger partial charge on any atom is -0.460 e. The zero-order chi connectivity index (χ0) is 19.2. The Kier molecular flexibility index (Phi) is 4.16. The van der Waals surface area contributed by atoms with Gasteiger partial charge in [-0.15, -0.1) is 0 Å². The van der Waals surface area contributed by atoms with Crippen LogP contribution in [0.1, 0.15) is 23.7 Å². The number of nitrogens with one attached hydrogen (secondary N) is 2. The maximum absolute atomic E-state index is 12.2. The fraction of sp³-hybridized carbons (Fsp3) is 0.211. The van der Waals surface area contributed by atoms with E-state index in [1.807, 2.05) is 36.4 Å². The van der Waals surface area contributed by atoms with Crippen LogP contribution in [0, 0.1) is 0 Å². The third-order valence-corrected chi connectivity index (χ3v) is 6.06. The van der Waals surface area contributed by atoms with E-state index in [1.165, 1.54) is 14.1 Å². The molecule has 0 bridgehead atoms. The molecular formula is C19H19N3O4S. The standard InChI is InChI=1S/C19H19N3O4S/c1-22(2)27(24,25)21-13-7-8-14-15(11-19(23)20-16(14)10-13)18-9-12-5-3-4-6-17(12)26-18/h3-10,15,21H,11H2,1-2H3,(H,20,23). The summed E-state index contributed by atoms with van der Waals surface area (Å²) in [4.78, 5) is 12.2. The molecule has 0 fully saturated rings. The second-order valence-electron chi connectivity index (χ2n) is 6.68. The van der Waals surface area contributed by atoms with Gasteiger partial charge in [-0.3, -0.25) is 9.52 Å². The third kappa shape index (κ3) is 3.29. The van der Waals surface area contributed by atoms with Crippen LogP contribution in [-0.2, 0) is 15.0 Å². The van der Waals surface area contributed by atoms with Gasteiger partial charge in [0.25, 0.3) is 0 Å². The van der Waals surface area contributed by atoms with Gasteiger partial charge in [0.1, 0.15) is 11.3 Å². The third-order valence-electron chi connectivity index (χ3n) is 4.61. The van der Waals surface area contributed by atoms with Crippen molar-refractivity contribution in [2.45, 2.75) is 12.3 Å². The first kappa shape index (κ1) is 17.6. The van der Waals surface area contributed by atoms with Gasteiger partial charge in [0.2, 0.25) is 5.91 Å². The number of hydrogen-bond donors (Lipinski definition) is 2. The number of para-hydroxylation sites is 1. The molecule has 2 N–H and O–H groups in total. The minimum atomic E-state index is -3.62. The molecule has 1 atom stereocenters. The molecular weight excluding hydrogens is 366 g/mol. The Morgan fingerprint density at radius 2 is 1.93 bits per heavy atom. The van der Waals surface area contributed by atoms with Crippen LogP contribution in [0.3, 0.4) is 0 Å². The van der Waals surface area contributed by atoms with Gasteiger partial charge < -0.3 is 9.73 Å². The molecule has 1 aromatic heterocycles. The number of fused-ring (bicyclic) bond motifs is 2. The lowest BCUT2D eigenvalue weighted by molar-refractivity contribution is -0.116. The van der Waals surface area contributed by atoms with Gasteiger partial charge in [-0.05, 0) is 29.8 Å². The van der Waals surface area contributed by atoms with Crippen LogP contribution < -0.4 is 10.0 Å². The fourth-order valence-corrected chi connectivity index (χ4v) is 3.80. The van der Waals surface area contributed by atoms with Crippen LogP contribution in [0.25, 0.3) is 11.0 Å². The van der Waals surface area contributed by atoms with Crippen LogP contribution in [0.15, 0.2) is 52.9 Å². The number of carbonyl (C=O) groups is 1. The van der Waals surface area contributed by atoms with Crippen molar-refractivity contribution < 1.29 is 17.6 Å². The number of nitrogens with zero attached hydrogens (tertiary/aromatic N) is 1. The van der Waals surface area contributed by atoms with Crippen molar-refractivity contribution in [2.24, 2.45) is 0 Å². The maximum atomic E-state index is 12.2. The van der Waals surface area contributed by atoms with E-state index in [1.54, 1.807) is 12.1 Å². The Morgan fingerprint density at radius 3 is 2.67 bits per heavy atom. The van der Waals surface area contributed by atoms with E-state index in [0.29, 0.717) is 17.1 Å². The second-order valence-corrected chi connectivity index (χ2v) is 8.57. The van der Waals surface area contributed by atoms with E-state index >= 15 is 0 Å². The lowest BCUT2D eigenvalue weighted by Crippen LogP contribution is -2.29. The molecule has 0 radical (unpaired) electrons. The van der Waals surface area contributed by atoms with Crippen molar-refractivity contribution in [3.63, 3.8) is 0 Å². The summed E-state index contributed by atoms with van der Waals surface area (Å²) in [6.45, 7) is 0. The molecule has 2 aromatic carbocycles. The number of hydrogen-bond acceptors (Lipinski definition) is 4. The number of furan rings is 1. The normalized spacial score (nSPS) is 17.0. The molecule has 2 heterocycles. The van der Waals surface area contributed by atoms with Crippen molar-refractivity contribution in [1.29, 1.82) is 0 Å². The number of carbonyl (C=O) groups excluding carboxylic acids is 1. The molecule has 140 valence electrons. The number of rotatable bonds is 4. The summed E-state index contributed by atoms with van der Waals surface area (Å²) in [6, 6.07) is 14.8. The number of anilines is 2. The van der Waals surface area contributed by atoms with E-state index in [9.17, 15) is 13.2 Å². The van der Waals surface area contributed by atoms with Crippen LogP contribution in [-0.4, -0.2) is 32.7 Å². The summed E-state index contributed by atoms with van der Waals surface area (Å²) in [6.07, 6.45) is 0.273. The summed E-state index contributed by atoms with van der Waals surface area (Å²) < 4.78 is 33.6. The molecule has 0 saturated heterocycles. The van der Waals surface area contributed by atoms with Gasteiger partial charge in [0, 0.05) is 31.6 Å². The van der Waals surface area contributed by atoms with E-state index in [4.69, 9.17) is 4.42 Å². The van der Waals surface area contributed by atoms with Crippen molar-refractivity contribution in [3.05, 3.63) is 59.9 Å². The highest BCUT2D eigenvalue weighted by Crippen LogP contribution is 2.40. The Labute approximate surface area is 157 Å². The molecule has 8 heteroatoms. The van der Waals surface area contributed by atoms with E-state index < -0.39 is 10.2 Å². The average Bonchev–Trinajstić information content (AvgIpc) is 3.04. The summed E-state index contributed by atoms with van der Waals surface area (Å²) in [5, 5.41) is 3.80. The SMILES string of the molecule is CN(C)S(=O)(=O)Nc1ccc2c(c1)NC(=O)CC2c1cc2ccccc2o1. The smallest absolute Gasteiger partial charge is 0.301 e. The van der Waals surface area contributed by atoms with Crippen LogP contribution >= 0.6 is 0 Å². The largest absolute Gasteiger partial charge is 0.460 e. The molecule has 1 unspecified atom stereocenters. The zero-order valence-corrected chi connectivity index (χ0v) is 15.7. The minimum absolute atomic E-state index is 0.138. The van der Waals surface area contributed by atoms with Crippen molar-refractivity contribution in [2.75, 3.05) is 24.1 Å². The van der Waals surface area contributed by atoms with Gasteiger partial charge in [0.05, 0.1) is 11.6 Å². The van der Waals surface area contributed by atoms with Gasteiger partial charge in [0.15, 0.2) is 0 Å². The highest BCUT2D eigenvalue weighted by molar-refractivity contribution is 7.90. The topological polar surface area (TPSA) is 91.7 Å². The van der Waals surface area contributed by atoms with Gasteiger partial charge in [-0.2, -0.15) is 12.7 Å². The highest BCUT2D eigenvalue weighted by Gasteiger charge is 2.29. The first-order valence-corrected chi connectivity index (χ1v) is 9.90. The van der Waals surface area contributed by atoms with Gasteiger partial charge in [-0.25, -0.2) is 0 Å². The van der Waals surface area contributed by atoms with Crippen LogP contribution in [0.5, 0.6) is 0 Å². The van der Waals surface area contributed by atoms with Crippen molar-refractivity contribution in [3.8, 4) is 0 Å². The lowest BCUT2D eigenvalue weighted by atomic mass is 9.88. The molecule has 1 amide bonds. The Hall–Kier alpha value is -2.84. The van der Waals surface area contributed by atoms with Gasteiger partial charge >= 0.3 is 10.2 Å². The molecule has 0 aliphatic carbocycles. The molecule has 0 saturated carbocycles. The molecule has 7 nitrogen and oxygen atoms in total. The van der Waals surface area contributed by atoms with Crippen molar-refractivity contribution in [1.82, 2.24) is 4.31 Å². The zero-order valence-electron chi connectivity index (χ0n) is 14.9.